The van der Waals surface area contributed by atoms with Crippen LogP contribution in [0.4, 0.5) is 0 Å². The first-order chi connectivity index (χ1) is 11.2. The van der Waals surface area contributed by atoms with Gasteiger partial charge >= 0.3 is 0 Å². The molecule has 1 fully saturated rings. The van der Waals surface area contributed by atoms with Crippen molar-refractivity contribution in [2.75, 3.05) is 0 Å². The number of nitrogens with one attached hydrogen (secondary N) is 1. The summed E-state index contributed by atoms with van der Waals surface area (Å²) in [4.78, 5) is 12.3. The number of benzene rings is 1. The van der Waals surface area contributed by atoms with Crippen LogP contribution in [-0.4, -0.2) is 5.91 Å². The summed E-state index contributed by atoms with van der Waals surface area (Å²) in [5, 5.41) is 6.55. The summed E-state index contributed by atoms with van der Waals surface area (Å²) in [5.41, 5.74) is 6.82. The van der Waals surface area contributed by atoms with Crippen LogP contribution in [0.15, 0.2) is 46.2 Å². The van der Waals surface area contributed by atoms with E-state index in [9.17, 15) is 4.79 Å². The summed E-state index contributed by atoms with van der Waals surface area (Å²) in [6.07, 6.45) is 2.46. The second-order valence-corrected chi connectivity index (χ2v) is 7.04. The number of rotatable bonds is 6. The smallest absolute Gasteiger partial charge is 0.249 e. The number of thiophene rings is 1. The van der Waals surface area contributed by atoms with Crippen molar-refractivity contribution >= 4 is 28.2 Å². The molecule has 3 N–H and O–H groups in total. The predicted molar refractivity (Wildman–Crippen MR) is 91.4 cm³/mol. The highest BCUT2D eigenvalue weighted by Crippen LogP contribution is 2.42. The Bertz CT molecular complexity index is 814. The van der Waals surface area contributed by atoms with E-state index in [0.29, 0.717) is 11.5 Å². The molecule has 2 aromatic heterocycles. The number of nitrogens with two attached hydrogens (primary N) is 1. The van der Waals surface area contributed by atoms with Gasteiger partial charge in [-0.05, 0) is 37.0 Å². The van der Waals surface area contributed by atoms with Gasteiger partial charge in [0.2, 0.25) is 5.91 Å². The lowest BCUT2D eigenvalue weighted by Crippen LogP contribution is -2.21. The molecular weight excluding hydrogens is 308 g/mol. The monoisotopic (exact) mass is 326 g/mol. The second kappa shape index (κ2) is 5.83. The van der Waals surface area contributed by atoms with Gasteiger partial charge < -0.3 is 15.5 Å². The molecule has 1 amide bonds. The van der Waals surface area contributed by atoms with Crippen LogP contribution in [0.5, 0.6) is 0 Å². The Labute approximate surface area is 138 Å². The Kier molecular flexibility index (Phi) is 3.67. The van der Waals surface area contributed by atoms with Crippen molar-refractivity contribution in [2.24, 2.45) is 11.7 Å². The molecule has 1 unspecified atom stereocenters. The summed E-state index contributed by atoms with van der Waals surface area (Å²) in [7, 11) is 0. The summed E-state index contributed by atoms with van der Waals surface area (Å²) in [6, 6.07) is 12.3. The van der Waals surface area contributed by atoms with Gasteiger partial charge in [0.05, 0.1) is 11.6 Å². The minimum absolute atomic E-state index is 0.224. The fraction of sp³-hybridized carbons (Fsp3) is 0.278. The summed E-state index contributed by atoms with van der Waals surface area (Å²) in [6.45, 7) is 0.718. The molecule has 5 heteroatoms. The van der Waals surface area contributed by atoms with Gasteiger partial charge in [-0.2, -0.15) is 0 Å². The molecule has 0 bridgehead atoms. The first-order valence-corrected chi connectivity index (χ1v) is 8.68. The number of hydrogen-bond donors (Lipinski definition) is 2. The standard InChI is InChI=1S/C18H18N2O2S/c19-18(21)13-7-14(23-10-13)9-20-17(11-5-6-11)16-8-12-3-1-2-4-15(12)22-16/h1-4,7-8,10-11,17,20H,5-6,9H2,(H2,19,21). The second-order valence-electron chi connectivity index (χ2n) is 6.05. The van der Waals surface area contributed by atoms with Crippen molar-refractivity contribution in [3.05, 3.63) is 58.0 Å². The lowest BCUT2D eigenvalue weighted by Gasteiger charge is -2.15. The van der Waals surface area contributed by atoms with Crippen LogP contribution in [0.1, 0.15) is 39.9 Å². The van der Waals surface area contributed by atoms with Gasteiger partial charge in [-0.3, -0.25) is 4.79 Å². The summed E-state index contributed by atoms with van der Waals surface area (Å²) >= 11 is 1.56. The number of amides is 1. The predicted octanol–water partition coefficient (Wildman–Crippen LogP) is 3.83. The Hall–Kier alpha value is -2.11. The molecule has 0 spiro atoms. The highest BCUT2D eigenvalue weighted by Gasteiger charge is 2.34. The number of hydrogen-bond acceptors (Lipinski definition) is 4. The van der Waals surface area contributed by atoms with Crippen molar-refractivity contribution in [1.29, 1.82) is 0 Å². The van der Waals surface area contributed by atoms with Gasteiger partial charge in [0.1, 0.15) is 11.3 Å². The van der Waals surface area contributed by atoms with E-state index < -0.39 is 0 Å². The Morgan fingerprint density at radius 3 is 2.87 bits per heavy atom. The van der Waals surface area contributed by atoms with Crippen molar-refractivity contribution in [3.8, 4) is 0 Å². The molecule has 2 heterocycles. The SMILES string of the molecule is NC(=O)c1csc(CNC(c2cc3ccccc3o2)C2CC2)c1. The van der Waals surface area contributed by atoms with Gasteiger partial charge in [-0.25, -0.2) is 0 Å². The Balaban J connectivity index is 1.52. The van der Waals surface area contributed by atoms with E-state index in [0.717, 1.165) is 28.2 Å². The summed E-state index contributed by atoms with van der Waals surface area (Å²) in [5.74, 6) is 1.26. The number of primary amides is 1. The number of furan rings is 1. The van der Waals surface area contributed by atoms with Crippen molar-refractivity contribution < 1.29 is 9.21 Å². The molecule has 0 saturated heterocycles. The van der Waals surface area contributed by atoms with Crippen LogP contribution >= 0.6 is 11.3 Å². The normalized spacial score (nSPS) is 15.8. The molecule has 3 aromatic rings. The maximum absolute atomic E-state index is 11.2. The molecule has 1 aromatic carbocycles. The first kappa shape index (κ1) is 14.5. The zero-order valence-electron chi connectivity index (χ0n) is 12.6. The van der Waals surface area contributed by atoms with Gasteiger partial charge in [-0.1, -0.05) is 18.2 Å². The third kappa shape index (κ3) is 3.02. The van der Waals surface area contributed by atoms with E-state index in [1.54, 1.807) is 11.3 Å². The fourth-order valence-electron chi connectivity index (χ4n) is 2.90. The van der Waals surface area contributed by atoms with E-state index >= 15 is 0 Å². The van der Waals surface area contributed by atoms with Crippen molar-refractivity contribution in [1.82, 2.24) is 5.32 Å². The third-order valence-electron chi connectivity index (χ3n) is 4.28. The zero-order chi connectivity index (χ0) is 15.8. The van der Waals surface area contributed by atoms with Gasteiger partial charge in [0.15, 0.2) is 0 Å². The minimum Gasteiger partial charge on any atom is -0.459 e. The van der Waals surface area contributed by atoms with E-state index in [1.165, 1.54) is 12.8 Å². The lowest BCUT2D eigenvalue weighted by molar-refractivity contribution is 0.100. The van der Waals surface area contributed by atoms with Crippen molar-refractivity contribution in [3.63, 3.8) is 0 Å². The molecule has 1 aliphatic rings. The molecule has 118 valence electrons. The minimum atomic E-state index is -0.372. The molecule has 1 atom stereocenters. The molecule has 4 rings (SSSR count). The van der Waals surface area contributed by atoms with Gasteiger partial charge in [0.25, 0.3) is 0 Å². The molecule has 0 radical (unpaired) electrons. The topological polar surface area (TPSA) is 68.3 Å². The van der Waals surface area contributed by atoms with Gasteiger partial charge in [0, 0.05) is 22.2 Å². The average molecular weight is 326 g/mol. The van der Waals surface area contributed by atoms with Crippen LogP contribution in [0.3, 0.4) is 0 Å². The third-order valence-corrected chi connectivity index (χ3v) is 5.22. The molecular formula is C18H18N2O2S. The number of para-hydroxylation sites is 1. The Morgan fingerprint density at radius 1 is 1.35 bits per heavy atom. The molecule has 1 saturated carbocycles. The van der Waals surface area contributed by atoms with E-state index in [-0.39, 0.29) is 11.9 Å². The summed E-state index contributed by atoms with van der Waals surface area (Å²) < 4.78 is 6.03. The largest absolute Gasteiger partial charge is 0.459 e. The average Bonchev–Trinajstić information content (AvgIpc) is 3.11. The first-order valence-electron chi connectivity index (χ1n) is 7.80. The molecule has 4 nitrogen and oxygen atoms in total. The zero-order valence-corrected chi connectivity index (χ0v) is 13.4. The maximum Gasteiger partial charge on any atom is 0.249 e. The number of carbonyl (C=O) groups is 1. The van der Waals surface area contributed by atoms with Crippen LogP contribution in [0.25, 0.3) is 11.0 Å². The van der Waals surface area contributed by atoms with Crippen LogP contribution in [0, 0.1) is 5.92 Å². The number of fused-ring (bicyclic) bond motifs is 1. The lowest BCUT2D eigenvalue weighted by atomic mass is 10.1. The molecule has 23 heavy (non-hydrogen) atoms. The van der Waals surface area contributed by atoms with Crippen LogP contribution in [-0.2, 0) is 6.54 Å². The Morgan fingerprint density at radius 2 is 2.17 bits per heavy atom. The van der Waals surface area contributed by atoms with Crippen molar-refractivity contribution in [2.45, 2.75) is 25.4 Å². The highest BCUT2D eigenvalue weighted by molar-refractivity contribution is 7.10. The van der Waals surface area contributed by atoms with Crippen LogP contribution < -0.4 is 11.1 Å². The molecule has 1 aliphatic carbocycles. The van der Waals surface area contributed by atoms with E-state index in [1.807, 2.05) is 29.6 Å². The van der Waals surface area contributed by atoms with Crippen LogP contribution in [0.2, 0.25) is 0 Å². The number of carbonyl (C=O) groups excluding carboxylic acids is 1. The van der Waals surface area contributed by atoms with E-state index in [2.05, 4.69) is 17.4 Å². The van der Waals surface area contributed by atoms with E-state index in [4.69, 9.17) is 10.2 Å². The highest BCUT2D eigenvalue weighted by atomic mass is 32.1. The quantitative estimate of drug-likeness (QED) is 0.723. The maximum atomic E-state index is 11.2. The molecule has 0 aliphatic heterocycles. The fourth-order valence-corrected chi connectivity index (χ4v) is 3.72. The van der Waals surface area contributed by atoms with Gasteiger partial charge in [-0.15, -0.1) is 11.3 Å².